The number of hydrogen-bond acceptors (Lipinski definition) is 5. The number of nitro groups is 1. The van der Waals surface area contributed by atoms with Gasteiger partial charge in [-0.2, -0.15) is 8.42 Å². The van der Waals surface area contributed by atoms with Crippen LogP contribution in [0.2, 0.25) is 0 Å². The van der Waals surface area contributed by atoms with E-state index < -0.39 is 15.0 Å². The van der Waals surface area contributed by atoms with Gasteiger partial charge in [-0.3, -0.25) is 14.7 Å². The molecule has 0 spiro atoms. The van der Waals surface area contributed by atoms with Crippen LogP contribution in [0.4, 0.5) is 5.69 Å². The maximum absolute atomic E-state index is 10.5. The molecule has 8 heteroatoms. The Kier molecular flexibility index (Phi) is 5.40. The molecule has 0 saturated heterocycles. The first-order valence-corrected chi connectivity index (χ1v) is 7.33. The van der Waals surface area contributed by atoms with E-state index in [1.807, 2.05) is 6.92 Å². The van der Waals surface area contributed by atoms with E-state index >= 15 is 0 Å². The van der Waals surface area contributed by atoms with Crippen molar-refractivity contribution in [2.24, 2.45) is 0 Å². The predicted molar refractivity (Wildman–Crippen MR) is 70.5 cm³/mol. The second-order valence-electron chi connectivity index (χ2n) is 4.16. The number of benzene rings is 1. The Morgan fingerprint density at radius 3 is 2.42 bits per heavy atom. The standard InChI is InChI=1S/C11H16N2O5S/c1-9(12-7-2-8-19(16,17)18)10-3-5-11(6-4-10)13(14)15/h3-6,9,12H,2,7-8H2,1H3,(H,16,17,18). The maximum atomic E-state index is 10.5. The fourth-order valence-electron chi connectivity index (χ4n) is 1.58. The summed E-state index contributed by atoms with van der Waals surface area (Å²) >= 11 is 0. The minimum Gasteiger partial charge on any atom is -0.310 e. The fourth-order valence-corrected chi connectivity index (χ4v) is 2.08. The van der Waals surface area contributed by atoms with E-state index in [9.17, 15) is 18.5 Å². The fraction of sp³-hybridized carbons (Fsp3) is 0.455. The molecule has 0 bridgehead atoms. The highest BCUT2D eigenvalue weighted by Gasteiger charge is 2.09. The molecular formula is C11H16N2O5S. The topological polar surface area (TPSA) is 110 Å². The van der Waals surface area contributed by atoms with Gasteiger partial charge in [0.05, 0.1) is 10.7 Å². The lowest BCUT2D eigenvalue weighted by Crippen LogP contribution is -2.21. The molecule has 0 heterocycles. The smallest absolute Gasteiger partial charge is 0.269 e. The van der Waals surface area contributed by atoms with Crippen molar-refractivity contribution in [3.8, 4) is 0 Å². The van der Waals surface area contributed by atoms with Crippen LogP contribution in [0.15, 0.2) is 24.3 Å². The van der Waals surface area contributed by atoms with Gasteiger partial charge in [0.25, 0.3) is 15.8 Å². The van der Waals surface area contributed by atoms with Crippen LogP contribution in [0.5, 0.6) is 0 Å². The van der Waals surface area contributed by atoms with Crippen LogP contribution in [0, 0.1) is 10.1 Å². The van der Waals surface area contributed by atoms with Crippen molar-refractivity contribution in [1.29, 1.82) is 0 Å². The highest BCUT2D eigenvalue weighted by Crippen LogP contribution is 2.17. The van der Waals surface area contributed by atoms with Crippen LogP contribution in [-0.2, 0) is 10.1 Å². The first kappa shape index (κ1) is 15.5. The van der Waals surface area contributed by atoms with Crippen LogP contribution >= 0.6 is 0 Å². The van der Waals surface area contributed by atoms with E-state index in [1.165, 1.54) is 12.1 Å². The predicted octanol–water partition coefficient (Wildman–Crippen LogP) is 1.52. The average molecular weight is 288 g/mol. The molecule has 1 aromatic carbocycles. The lowest BCUT2D eigenvalue weighted by molar-refractivity contribution is -0.384. The summed E-state index contributed by atoms with van der Waals surface area (Å²) in [6, 6.07) is 6.09. The molecule has 2 N–H and O–H groups in total. The summed E-state index contributed by atoms with van der Waals surface area (Å²) in [6.07, 6.45) is 0.302. The van der Waals surface area contributed by atoms with Crippen LogP contribution in [0.3, 0.4) is 0 Å². The van der Waals surface area contributed by atoms with Gasteiger partial charge in [0.15, 0.2) is 0 Å². The minimum atomic E-state index is -3.92. The summed E-state index contributed by atoms with van der Waals surface area (Å²) in [4.78, 5) is 10.0. The summed E-state index contributed by atoms with van der Waals surface area (Å²) in [6.45, 7) is 2.30. The molecule has 1 rings (SSSR count). The normalized spacial score (nSPS) is 13.2. The third kappa shape index (κ3) is 5.77. The van der Waals surface area contributed by atoms with Crippen molar-refractivity contribution in [3.05, 3.63) is 39.9 Å². The van der Waals surface area contributed by atoms with Crippen LogP contribution in [0.1, 0.15) is 24.9 Å². The third-order valence-electron chi connectivity index (χ3n) is 2.63. The summed E-state index contributed by atoms with van der Waals surface area (Å²) < 4.78 is 29.6. The number of nitro benzene ring substituents is 1. The Morgan fingerprint density at radius 2 is 1.95 bits per heavy atom. The second-order valence-corrected chi connectivity index (χ2v) is 5.74. The molecule has 106 valence electrons. The molecule has 0 amide bonds. The first-order chi connectivity index (χ1) is 8.79. The molecule has 0 fully saturated rings. The van der Waals surface area contributed by atoms with Crippen molar-refractivity contribution in [2.45, 2.75) is 19.4 Å². The van der Waals surface area contributed by atoms with E-state index in [2.05, 4.69) is 5.32 Å². The van der Waals surface area contributed by atoms with Gasteiger partial charge in [-0.15, -0.1) is 0 Å². The molecule has 0 aliphatic carbocycles. The summed E-state index contributed by atoms with van der Waals surface area (Å²) in [5.74, 6) is -0.285. The van der Waals surface area contributed by atoms with Crippen molar-refractivity contribution in [1.82, 2.24) is 5.32 Å². The van der Waals surface area contributed by atoms with Crippen molar-refractivity contribution in [3.63, 3.8) is 0 Å². The molecule has 1 aromatic rings. The second kappa shape index (κ2) is 6.60. The van der Waals surface area contributed by atoms with E-state index in [4.69, 9.17) is 4.55 Å². The quantitative estimate of drug-likeness (QED) is 0.341. The zero-order valence-electron chi connectivity index (χ0n) is 10.4. The highest BCUT2D eigenvalue weighted by atomic mass is 32.2. The van der Waals surface area contributed by atoms with E-state index in [0.717, 1.165) is 5.56 Å². The summed E-state index contributed by atoms with van der Waals surface area (Å²) in [5, 5.41) is 13.6. The Hall–Kier alpha value is -1.51. The Balaban J connectivity index is 2.45. The van der Waals surface area contributed by atoms with Gasteiger partial charge in [0.2, 0.25) is 0 Å². The average Bonchev–Trinajstić information content (AvgIpc) is 2.33. The SMILES string of the molecule is CC(NCCCS(=O)(=O)O)c1ccc([N+](=O)[O-])cc1. The van der Waals surface area contributed by atoms with Gasteiger partial charge in [0, 0.05) is 18.2 Å². The summed E-state index contributed by atoms with van der Waals surface area (Å²) in [5.41, 5.74) is 0.903. The van der Waals surface area contributed by atoms with Gasteiger partial charge in [-0.05, 0) is 25.5 Å². The number of nitrogens with zero attached hydrogens (tertiary/aromatic N) is 1. The number of hydrogen-bond donors (Lipinski definition) is 2. The minimum absolute atomic E-state index is 0.0299. The largest absolute Gasteiger partial charge is 0.310 e. The lowest BCUT2D eigenvalue weighted by atomic mass is 10.1. The maximum Gasteiger partial charge on any atom is 0.269 e. The van der Waals surface area contributed by atoms with Crippen molar-refractivity contribution >= 4 is 15.8 Å². The van der Waals surface area contributed by atoms with Gasteiger partial charge in [-0.1, -0.05) is 12.1 Å². The first-order valence-electron chi connectivity index (χ1n) is 5.72. The zero-order chi connectivity index (χ0) is 14.5. The molecule has 1 atom stereocenters. The molecular weight excluding hydrogens is 272 g/mol. The third-order valence-corrected chi connectivity index (χ3v) is 3.44. The molecule has 7 nitrogen and oxygen atoms in total. The summed E-state index contributed by atoms with van der Waals surface area (Å²) in [7, 11) is -3.92. The van der Waals surface area contributed by atoms with Crippen LogP contribution < -0.4 is 5.32 Å². The van der Waals surface area contributed by atoms with Gasteiger partial charge < -0.3 is 5.32 Å². The monoisotopic (exact) mass is 288 g/mol. The highest BCUT2D eigenvalue weighted by molar-refractivity contribution is 7.85. The molecule has 19 heavy (non-hydrogen) atoms. The number of non-ortho nitro benzene ring substituents is 1. The van der Waals surface area contributed by atoms with Gasteiger partial charge in [0.1, 0.15) is 0 Å². The molecule has 0 aliphatic rings. The van der Waals surface area contributed by atoms with E-state index in [1.54, 1.807) is 12.1 Å². The number of rotatable bonds is 7. The Bertz CT molecular complexity index is 527. The van der Waals surface area contributed by atoms with Gasteiger partial charge in [-0.25, -0.2) is 0 Å². The molecule has 0 aliphatic heterocycles. The van der Waals surface area contributed by atoms with E-state index in [-0.39, 0.29) is 17.5 Å². The van der Waals surface area contributed by atoms with Crippen LogP contribution in [-0.4, -0.2) is 30.2 Å². The Morgan fingerprint density at radius 1 is 1.37 bits per heavy atom. The van der Waals surface area contributed by atoms with E-state index in [0.29, 0.717) is 13.0 Å². The molecule has 0 aromatic heterocycles. The molecule has 0 saturated carbocycles. The van der Waals surface area contributed by atoms with Crippen molar-refractivity contribution < 1.29 is 17.9 Å². The van der Waals surface area contributed by atoms with Crippen molar-refractivity contribution in [2.75, 3.05) is 12.3 Å². The molecule has 1 unspecified atom stereocenters. The molecule has 0 radical (unpaired) electrons. The lowest BCUT2D eigenvalue weighted by Gasteiger charge is -2.13. The Labute approximate surface area is 111 Å². The number of nitrogens with one attached hydrogen (secondary N) is 1. The van der Waals surface area contributed by atoms with Crippen LogP contribution in [0.25, 0.3) is 0 Å². The van der Waals surface area contributed by atoms with Gasteiger partial charge >= 0.3 is 0 Å². The zero-order valence-corrected chi connectivity index (χ0v) is 11.3.